The summed E-state index contributed by atoms with van der Waals surface area (Å²) in [6, 6.07) is 0. The summed E-state index contributed by atoms with van der Waals surface area (Å²) in [6.07, 6.45) is 2.10. The number of hydrogen-bond donors (Lipinski definition) is 1. The van der Waals surface area contributed by atoms with Crippen LogP contribution in [0, 0.1) is 0 Å². The fourth-order valence-corrected chi connectivity index (χ4v) is 1.48. The standard InChI is InChI=1S/C10H16N2O2.C2H6/c1-4-5-6-12(3)8-7(11-2)9(13)10(8)14;1-2/h11H,4-6H2,1-3H3;1-2H3. The lowest BCUT2D eigenvalue weighted by Crippen LogP contribution is -2.41. The lowest BCUT2D eigenvalue weighted by atomic mass is 10.1. The first kappa shape index (κ1) is 14.7. The van der Waals surface area contributed by atoms with E-state index >= 15 is 0 Å². The van der Waals surface area contributed by atoms with Gasteiger partial charge in [0.05, 0.1) is 0 Å². The lowest BCUT2D eigenvalue weighted by molar-refractivity contribution is 0.763. The zero-order valence-electron chi connectivity index (χ0n) is 10.9. The van der Waals surface area contributed by atoms with Crippen LogP contribution in [0.5, 0.6) is 0 Å². The lowest BCUT2D eigenvalue weighted by Gasteiger charge is -2.22. The van der Waals surface area contributed by atoms with Crippen LogP contribution >= 0.6 is 0 Å². The maximum absolute atomic E-state index is 11.2. The van der Waals surface area contributed by atoms with Crippen molar-refractivity contribution >= 4 is 11.4 Å². The third-order valence-electron chi connectivity index (χ3n) is 2.36. The van der Waals surface area contributed by atoms with Crippen molar-refractivity contribution in [2.45, 2.75) is 33.6 Å². The predicted octanol–water partition coefficient (Wildman–Crippen LogP) is 1.59. The van der Waals surface area contributed by atoms with E-state index in [1.807, 2.05) is 25.8 Å². The van der Waals surface area contributed by atoms with E-state index in [2.05, 4.69) is 12.2 Å². The van der Waals surface area contributed by atoms with Gasteiger partial charge >= 0.3 is 0 Å². The fraction of sp³-hybridized carbons (Fsp3) is 0.667. The van der Waals surface area contributed by atoms with Crippen molar-refractivity contribution in [3.8, 4) is 0 Å². The van der Waals surface area contributed by atoms with E-state index in [0.717, 1.165) is 19.4 Å². The van der Waals surface area contributed by atoms with Gasteiger partial charge in [-0.15, -0.1) is 0 Å². The molecule has 0 amide bonds. The number of hydrogen-bond acceptors (Lipinski definition) is 4. The van der Waals surface area contributed by atoms with Crippen LogP contribution in [0.15, 0.2) is 9.59 Å². The number of nitrogens with one attached hydrogen (secondary N) is 1. The van der Waals surface area contributed by atoms with Gasteiger partial charge in [-0.2, -0.15) is 0 Å². The number of anilines is 2. The van der Waals surface area contributed by atoms with E-state index in [1.54, 1.807) is 7.05 Å². The Morgan fingerprint density at radius 1 is 1.19 bits per heavy atom. The van der Waals surface area contributed by atoms with E-state index < -0.39 is 5.43 Å². The van der Waals surface area contributed by atoms with E-state index in [4.69, 9.17) is 0 Å². The first-order chi connectivity index (χ1) is 7.63. The topological polar surface area (TPSA) is 49.4 Å². The highest BCUT2D eigenvalue weighted by Gasteiger charge is 2.22. The average Bonchev–Trinajstić information content (AvgIpc) is 2.33. The molecule has 1 aromatic carbocycles. The summed E-state index contributed by atoms with van der Waals surface area (Å²) < 4.78 is 0. The van der Waals surface area contributed by atoms with Gasteiger partial charge in [-0.3, -0.25) is 9.59 Å². The van der Waals surface area contributed by atoms with Gasteiger partial charge < -0.3 is 10.2 Å². The molecule has 1 N–H and O–H groups in total. The molecule has 0 unspecified atom stereocenters. The molecular formula is C12H22N2O2. The SMILES string of the molecule is CC.CCCCN(C)c1c(NC)c(=O)c1=O. The second kappa shape index (κ2) is 7.04. The normalized spacial score (nSPS) is 9.56. The molecule has 16 heavy (non-hydrogen) atoms. The molecule has 0 atom stereocenters. The van der Waals surface area contributed by atoms with E-state index in [0.29, 0.717) is 11.4 Å². The number of rotatable bonds is 5. The Morgan fingerprint density at radius 3 is 2.19 bits per heavy atom. The summed E-state index contributed by atoms with van der Waals surface area (Å²) in [6.45, 7) is 6.91. The molecule has 0 saturated heterocycles. The third-order valence-corrected chi connectivity index (χ3v) is 2.36. The van der Waals surface area contributed by atoms with Crippen LogP contribution in [-0.4, -0.2) is 20.6 Å². The van der Waals surface area contributed by atoms with Gasteiger partial charge in [-0.25, -0.2) is 0 Å². The highest BCUT2D eigenvalue weighted by Crippen LogP contribution is 2.17. The summed E-state index contributed by atoms with van der Waals surface area (Å²) in [5.74, 6) is 0. The average molecular weight is 226 g/mol. The van der Waals surface area contributed by atoms with Crippen molar-refractivity contribution in [1.82, 2.24) is 0 Å². The molecule has 0 aliphatic carbocycles. The smallest absolute Gasteiger partial charge is 0.253 e. The molecule has 0 bridgehead atoms. The molecule has 4 heteroatoms. The Kier molecular flexibility index (Phi) is 6.46. The second-order valence-corrected chi connectivity index (χ2v) is 3.41. The Morgan fingerprint density at radius 2 is 1.75 bits per heavy atom. The van der Waals surface area contributed by atoms with Gasteiger partial charge in [0.2, 0.25) is 0 Å². The van der Waals surface area contributed by atoms with E-state index in [9.17, 15) is 9.59 Å². The molecule has 1 rings (SSSR count). The quantitative estimate of drug-likeness (QED) is 0.775. The van der Waals surface area contributed by atoms with Crippen LogP contribution in [0.25, 0.3) is 0 Å². The first-order valence-electron chi connectivity index (χ1n) is 5.85. The minimum Gasteiger partial charge on any atom is -0.383 e. The fourth-order valence-electron chi connectivity index (χ4n) is 1.48. The maximum atomic E-state index is 11.2. The Hall–Kier alpha value is -1.32. The molecule has 0 aliphatic rings. The molecule has 0 spiro atoms. The van der Waals surface area contributed by atoms with Crippen molar-refractivity contribution in [1.29, 1.82) is 0 Å². The highest BCUT2D eigenvalue weighted by molar-refractivity contribution is 5.74. The van der Waals surface area contributed by atoms with Crippen LogP contribution in [0.2, 0.25) is 0 Å². The largest absolute Gasteiger partial charge is 0.383 e. The van der Waals surface area contributed by atoms with Gasteiger partial charge in [0.25, 0.3) is 10.9 Å². The molecule has 92 valence electrons. The molecule has 0 heterocycles. The molecule has 0 aromatic heterocycles. The van der Waals surface area contributed by atoms with Crippen molar-refractivity contribution in [3.63, 3.8) is 0 Å². The van der Waals surface area contributed by atoms with Crippen molar-refractivity contribution in [2.75, 3.05) is 30.9 Å². The molecule has 4 nitrogen and oxygen atoms in total. The zero-order chi connectivity index (χ0) is 12.7. The number of nitrogens with zero attached hydrogens (tertiary/aromatic N) is 1. The molecule has 0 aliphatic heterocycles. The zero-order valence-corrected chi connectivity index (χ0v) is 10.9. The van der Waals surface area contributed by atoms with Gasteiger partial charge in [0.1, 0.15) is 11.4 Å². The van der Waals surface area contributed by atoms with Gasteiger partial charge in [0, 0.05) is 20.6 Å². The molecule has 1 aromatic rings. The Bertz CT molecular complexity index is 378. The van der Waals surface area contributed by atoms with Crippen LogP contribution in [-0.2, 0) is 0 Å². The summed E-state index contributed by atoms with van der Waals surface area (Å²) in [4.78, 5) is 24.2. The Labute approximate surface area is 97.0 Å². The van der Waals surface area contributed by atoms with Crippen molar-refractivity contribution < 1.29 is 0 Å². The van der Waals surface area contributed by atoms with Crippen molar-refractivity contribution in [2.24, 2.45) is 0 Å². The maximum Gasteiger partial charge on any atom is 0.253 e. The van der Waals surface area contributed by atoms with Gasteiger partial charge in [-0.05, 0) is 6.42 Å². The molecular weight excluding hydrogens is 204 g/mol. The monoisotopic (exact) mass is 226 g/mol. The summed E-state index contributed by atoms with van der Waals surface area (Å²) >= 11 is 0. The summed E-state index contributed by atoms with van der Waals surface area (Å²) in [7, 11) is 3.50. The van der Waals surface area contributed by atoms with Crippen LogP contribution in [0.3, 0.4) is 0 Å². The van der Waals surface area contributed by atoms with Crippen molar-refractivity contribution in [3.05, 3.63) is 20.4 Å². The summed E-state index contributed by atoms with van der Waals surface area (Å²) in [5.41, 5.74) is 0.221. The predicted molar refractivity (Wildman–Crippen MR) is 70.4 cm³/mol. The molecule has 0 fully saturated rings. The second-order valence-electron chi connectivity index (χ2n) is 3.41. The first-order valence-corrected chi connectivity index (χ1v) is 5.85. The number of unbranched alkanes of at least 4 members (excludes halogenated alkanes) is 1. The minimum atomic E-state index is -0.397. The van der Waals surface area contributed by atoms with Gasteiger partial charge in [-0.1, -0.05) is 27.2 Å². The Balaban J connectivity index is 0.00000106. The summed E-state index contributed by atoms with van der Waals surface area (Å²) in [5, 5.41) is 2.76. The third kappa shape index (κ3) is 2.84. The van der Waals surface area contributed by atoms with E-state index in [-0.39, 0.29) is 5.43 Å². The highest BCUT2D eigenvalue weighted by atomic mass is 16.2. The van der Waals surface area contributed by atoms with E-state index in [1.165, 1.54) is 0 Å². The minimum absolute atomic E-state index is 0.368. The molecule has 0 radical (unpaired) electrons. The van der Waals surface area contributed by atoms with Crippen LogP contribution in [0.1, 0.15) is 33.6 Å². The van der Waals surface area contributed by atoms with Crippen LogP contribution < -0.4 is 21.1 Å². The molecule has 0 saturated carbocycles. The van der Waals surface area contributed by atoms with Crippen LogP contribution in [0.4, 0.5) is 11.4 Å². The van der Waals surface area contributed by atoms with Gasteiger partial charge in [0.15, 0.2) is 0 Å².